The van der Waals surface area contributed by atoms with Crippen LogP contribution < -0.4 is 5.31 Å². The maximum atomic E-state index is 7.60. The van der Waals surface area contributed by atoms with Gasteiger partial charge in [-0.3, -0.25) is 0 Å². The molecule has 0 saturated carbocycles. The van der Waals surface area contributed by atoms with Crippen LogP contribution in [0, 0.1) is 0 Å². The summed E-state index contributed by atoms with van der Waals surface area (Å²) in [6.45, 7) is 0. The Labute approximate surface area is 67.5 Å². The number of para-hydroxylation sites is 1. The summed E-state index contributed by atoms with van der Waals surface area (Å²) in [4.78, 5) is 0. The third-order valence-electron chi connectivity index (χ3n) is 1.62. The molecule has 0 saturated heterocycles. The number of rotatable bonds is 0. The minimum Gasteiger partial charge on any atom is -0.361 e. The maximum absolute atomic E-state index is 7.60. The third kappa shape index (κ3) is 1.17. The molecule has 0 atom stereocenters. The van der Waals surface area contributed by atoms with Gasteiger partial charge in [-0.25, -0.2) is 0 Å². The minimum atomic E-state index is 0.919. The molecule has 1 N–H and O–H groups in total. The lowest BCUT2D eigenvalue weighted by molar-refractivity contribution is 1.57. The molecule has 1 nitrogen and oxygen atoms in total. The van der Waals surface area contributed by atoms with E-state index in [4.69, 9.17) is 1.41 Å². The highest BCUT2D eigenvalue weighted by Crippen LogP contribution is 2.18. The summed E-state index contributed by atoms with van der Waals surface area (Å²) in [6, 6.07) is 7.85. The van der Waals surface area contributed by atoms with Crippen LogP contribution in [0.1, 0.15) is 5.56 Å². The fraction of sp³-hybridized carbons (Fsp3) is 0. The van der Waals surface area contributed by atoms with Crippen molar-refractivity contribution < 1.29 is 1.41 Å². The molecular weight excluding hydrogens is 134 g/mol. The molecule has 1 heteroatoms. The molecule has 11 heavy (non-hydrogen) atoms. The van der Waals surface area contributed by atoms with E-state index in [9.17, 15) is 0 Å². The topological polar surface area (TPSA) is 12.0 Å². The van der Waals surface area contributed by atoms with Gasteiger partial charge in [-0.2, -0.15) is 0 Å². The highest BCUT2D eigenvalue weighted by Gasteiger charge is 1.95. The normalized spacial score (nSPS) is 15.6. The van der Waals surface area contributed by atoms with Crippen molar-refractivity contribution in [1.29, 1.82) is 0 Å². The van der Waals surface area contributed by atoms with Crippen molar-refractivity contribution in [2.75, 3.05) is 5.31 Å². The summed E-state index contributed by atoms with van der Waals surface area (Å²) in [6.07, 6.45) is 7.52. The highest BCUT2D eigenvalue weighted by atomic mass is 14.8. The molecule has 0 aliphatic carbocycles. The smallest absolute Gasteiger partial charge is 0.166 e. The van der Waals surface area contributed by atoms with E-state index in [1.54, 1.807) is 6.20 Å². The van der Waals surface area contributed by atoms with Crippen molar-refractivity contribution in [2.24, 2.45) is 0 Å². The zero-order valence-corrected chi connectivity index (χ0v) is 6.07. The molecule has 0 aromatic heterocycles. The van der Waals surface area contributed by atoms with Crippen molar-refractivity contribution in [3.8, 4) is 0 Å². The van der Waals surface area contributed by atoms with Gasteiger partial charge in [-0.15, -0.1) is 0 Å². The van der Waals surface area contributed by atoms with Gasteiger partial charge in [-0.05, 0) is 17.7 Å². The van der Waals surface area contributed by atoms with Gasteiger partial charge >= 0.3 is 0 Å². The summed E-state index contributed by atoms with van der Waals surface area (Å²) in [7, 11) is 0. The molecule has 0 bridgehead atoms. The summed E-state index contributed by atoms with van der Waals surface area (Å²) in [5.41, 5.74) is 2.00. The van der Waals surface area contributed by atoms with E-state index in [0.717, 1.165) is 11.3 Å². The predicted octanol–water partition coefficient (Wildman–Crippen LogP) is 2.64. The molecular formula is C10H9N. The van der Waals surface area contributed by atoms with Gasteiger partial charge in [-0.1, -0.05) is 30.4 Å². The van der Waals surface area contributed by atoms with Crippen LogP contribution in [0.25, 0.3) is 6.08 Å². The number of hydrogen-bond donors (Lipinski definition) is 1. The van der Waals surface area contributed by atoms with E-state index in [2.05, 4.69) is 0 Å². The van der Waals surface area contributed by atoms with E-state index < -0.39 is 0 Å². The van der Waals surface area contributed by atoms with Gasteiger partial charge in [0.15, 0.2) is 1.41 Å². The van der Waals surface area contributed by atoms with Gasteiger partial charge < -0.3 is 5.31 Å². The summed E-state index contributed by atoms with van der Waals surface area (Å²) in [5, 5.41) is 1.37. The molecule has 54 valence electrons. The zero-order chi connectivity index (χ0) is 8.39. The second-order valence-electron chi connectivity index (χ2n) is 2.39. The molecule has 1 aliphatic rings. The SMILES string of the molecule is [2H]N1C=CC=Cc2ccccc21. The number of anilines is 1. The van der Waals surface area contributed by atoms with Crippen molar-refractivity contribution >= 4 is 11.8 Å². The van der Waals surface area contributed by atoms with Gasteiger partial charge in [0.2, 0.25) is 0 Å². The molecule has 0 amide bonds. The van der Waals surface area contributed by atoms with Gasteiger partial charge in [0.05, 0.1) is 0 Å². The summed E-state index contributed by atoms with van der Waals surface area (Å²) >= 11 is 0. The van der Waals surface area contributed by atoms with Crippen molar-refractivity contribution in [3.05, 3.63) is 48.2 Å². The molecule has 1 aliphatic heterocycles. The van der Waals surface area contributed by atoms with Crippen LogP contribution >= 0.6 is 0 Å². The Bertz CT molecular complexity index is 341. The van der Waals surface area contributed by atoms with Crippen LogP contribution in [0.5, 0.6) is 0 Å². The molecule has 1 aromatic rings. The monoisotopic (exact) mass is 144 g/mol. The largest absolute Gasteiger partial charge is 0.361 e. The van der Waals surface area contributed by atoms with Gasteiger partial charge in [0.1, 0.15) is 0 Å². The van der Waals surface area contributed by atoms with Crippen LogP contribution in [-0.4, -0.2) is 0 Å². The first-order valence-electron chi connectivity index (χ1n) is 4.05. The van der Waals surface area contributed by atoms with Crippen LogP contribution in [0.15, 0.2) is 42.6 Å². The van der Waals surface area contributed by atoms with Crippen LogP contribution in [0.4, 0.5) is 5.69 Å². The average molecular weight is 144 g/mol. The molecule has 1 aromatic carbocycles. The zero-order valence-electron chi connectivity index (χ0n) is 7.07. The molecule has 0 unspecified atom stereocenters. The second kappa shape index (κ2) is 2.62. The number of benzene rings is 1. The van der Waals surface area contributed by atoms with Gasteiger partial charge in [0.25, 0.3) is 0 Å². The standard InChI is InChI=1S/C10H9N/c1-2-7-10-9(5-1)6-3-4-8-11-10/h1-8,11H/i/hD. The highest BCUT2D eigenvalue weighted by molar-refractivity contribution is 5.69. The average Bonchev–Trinajstić information content (AvgIpc) is 2.29. The summed E-state index contributed by atoms with van der Waals surface area (Å²) < 4.78 is 7.60. The van der Waals surface area contributed by atoms with Crippen LogP contribution in [-0.2, 0) is 0 Å². The molecule has 0 radical (unpaired) electrons. The van der Waals surface area contributed by atoms with E-state index in [-0.39, 0.29) is 0 Å². The van der Waals surface area contributed by atoms with E-state index in [0.29, 0.717) is 0 Å². The molecule has 1 heterocycles. The fourth-order valence-electron chi connectivity index (χ4n) is 1.08. The number of nitrogens with one attached hydrogen (secondary N) is 1. The summed E-state index contributed by atoms with van der Waals surface area (Å²) in [5.74, 6) is 0. The Hall–Kier alpha value is -1.50. The first kappa shape index (κ1) is 5.19. The maximum Gasteiger partial charge on any atom is 0.166 e. The van der Waals surface area contributed by atoms with E-state index in [1.807, 2.05) is 42.5 Å². The lowest BCUT2D eigenvalue weighted by Gasteiger charge is -2.01. The molecule has 0 fully saturated rings. The number of hydrogen-bond acceptors (Lipinski definition) is 1. The minimum absolute atomic E-state index is 0.919. The van der Waals surface area contributed by atoms with Gasteiger partial charge in [0, 0.05) is 11.9 Å². The lowest BCUT2D eigenvalue weighted by atomic mass is 10.2. The quantitative estimate of drug-likeness (QED) is 0.590. The first-order chi connectivity index (χ1) is 5.88. The Kier molecular flexibility index (Phi) is 1.24. The molecule has 0 spiro atoms. The Morgan fingerprint density at radius 3 is 3.09 bits per heavy atom. The Morgan fingerprint density at radius 1 is 1.18 bits per heavy atom. The van der Waals surface area contributed by atoms with E-state index >= 15 is 0 Å². The van der Waals surface area contributed by atoms with Crippen LogP contribution in [0.3, 0.4) is 0 Å². The predicted molar refractivity (Wildman–Crippen MR) is 48.2 cm³/mol. The van der Waals surface area contributed by atoms with Crippen LogP contribution in [0.2, 0.25) is 1.41 Å². The lowest BCUT2D eigenvalue weighted by Crippen LogP contribution is -1.87. The van der Waals surface area contributed by atoms with Crippen molar-refractivity contribution in [2.45, 2.75) is 0 Å². The van der Waals surface area contributed by atoms with E-state index in [1.165, 1.54) is 5.31 Å². The molecule has 2 rings (SSSR count). The van der Waals surface area contributed by atoms with Crippen molar-refractivity contribution in [1.82, 2.24) is 0 Å². The Balaban J connectivity index is 2.56. The number of allylic oxidation sites excluding steroid dienone is 2. The second-order valence-corrected chi connectivity index (χ2v) is 2.39. The fourth-order valence-corrected chi connectivity index (χ4v) is 1.08. The first-order valence-corrected chi connectivity index (χ1v) is 3.60. The van der Waals surface area contributed by atoms with Crippen molar-refractivity contribution in [3.63, 3.8) is 0 Å². The third-order valence-corrected chi connectivity index (χ3v) is 1.62. The number of fused-ring (bicyclic) bond motifs is 1. The Morgan fingerprint density at radius 2 is 2.09 bits per heavy atom.